The van der Waals surface area contributed by atoms with E-state index in [4.69, 9.17) is 0 Å². The van der Waals surface area contributed by atoms with Crippen LogP contribution in [0.25, 0.3) is 0 Å². The fraction of sp³-hybridized carbons (Fsp3) is 0.750. The van der Waals surface area contributed by atoms with Crippen LogP contribution in [-0.2, 0) is 13.5 Å². The number of aromatic nitrogens is 2. The Morgan fingerprint density at radius 1 is 1.44 bits per heavy atom. The second kappa shape index (κ2) is 5.32. The zero-order chi connectivity index (χ0) is 12.3. The normalized spacial score (nSPS) is 12.1. The predicted molar refractivity (Wildman–Crippen MR) is 71.7 cm³/mol. The number of hydrogen-bond donors (Lipinski definition) is 1. The smallest absolute Gasteiger partial charge is 0.0738 e. The number of halogens is 1. The molecular formula is C12H22BrN3. The van der Waals surface area contributed by atoms with Crippen molar-refractivity contribution in [3.63, 3.8) is 0 Å². The van der Waals surface area contributed by atoms with Gasteiger partial charge in [-0.25, -0.2) is 0 Å². The van der Waals surface area contributed by atoms with Gasteiger partial charge >= 0.3 is 0 Å². The summed E-state index contributed by atoms with van der Waals surface area (Å²) in [5.74, 6) is 0. The molecule has 0 saturated heterocycles. The number of hydrogen-bond acceptors (Lipinski definition) is 2. The van der Waals surface area contributed by atoms with E-state index >= 15 is 0 Å². The maximum absolute atomic E-state index is 4.42. The van der Waals surface area contributed by atoms with Gasteiger partial charge in [-0.2, -0.15) is 5.10 Å². The zero-order valence-electron chi connectivity index (χ0n) is 10.9. The zero-order valence-corrected chi connectivity index (χ0v) is 12.5. The molecule has 92 valence electrons. The molecule has 1 heterocycles. The Labute approximate surface area is 107 Å². The maximum atomic E-state index is 4.42. The standard InChI is InChI=1S/C12H22BrN3/c1-6-14-8-12(3,4)7-10-11(13)9(2)15-16(10)5/h14H,6-8H2,1-5H3. The van der Waals surface area contributed by atoms with Gasteiger partial charge in [0.25, 0.3) is 0 Å². The van der Waals surface area contributed by atoms with E-state index in [0.717, 1.165) is 29.7 Å². The van der Waals surface area contributed by atoms with Crippen molar-refractivity contribution in [2.75, 3.05) is 13.1 Å². The lowest BCUT2D eigenvalue weighted by Gasteiger charge is -2.25. The monoisotopic (exact) mass is 287 g/mol. The molecule has 1 N–H and O–H groups in total. The van der Waals surface area contributed by atoms with Crippen molar-refractivity contribution in [2.45, 2.75) is 34.1 Å². The summed E-state index contributed by atoms with van der Waals surface area (Å²) < 4.78 is 3.13. The van der Waals surface area contributed by atoms with Crippen molar-refractivity contribution in [1.82, 2.24) is 15.1 Å². The molecule has 16 heavy (non-hydrogen) atoms. The van der Waals surface area contributed by atoms with Crippen molar-refractivity contribution in [3.05, 3.63) is 15.9 Å². The largest absolute Gasteiger partial charge is 0.316 e. The first-order chi connectivity index (χ1) is 7.37. The summed E-state index contributed by atoms with van der Waals surface area (Å²) in [4.78, 5) is 0. The van der Waals surface area contributed by atoms with Crippen molar-refractivity contribution in [2.24, 2.45) is 12.5 Å². The molecule has 0 aliphatic rings. The highest BCUT2D eigenvalue weighted by Gasteiger charge is 2.22. The summed E-state index contributed by atoms with van der Waals surface area (Å²) >= 11 is 3.62. The summed E-state index contributed by atoms with van der Waals surface area (Å²) in [5.41, 5.74) is 2.59. The molecule has 0 unspecified atom stereocenters. The number of nitrogens with one attached hydrogen (secondary N) is 1. The SMILES string of the molecule is CCNCC(C)(C)Cc1c(Br)c(C)nn1C. The van der Waals surface area contributed by atoms with Crippen LogP contribution < -0.4 is 5.32 Å². The molecule has 0 bridgehead atoms. The Kier molecular flexibility index (Phi) is 4.56. The van der Waals surface area contributed by atoms with Gasteiger partial charge < -0.3 is 5.32 Å². The highest BCUT2D eigenvalue weighted by atomic mass is 79.9. The summed E-state index contributed by atoms with van der Waals surface area (Å²) in [6, 6.07) is 0. The van der Waals surface area contributed by atoms with Gasteiger partial charge in [0.2, 0.25) is 0 Å². The van der Waals surface area contributed by atoms with E-state index in [1.54, 1.807) is 0 Å². The lowest BCUT2D eigenvalue weighted by molar-refractivity contribution is 0.333. The average Bonchev–Trinajstić information content (AvgIpc) is 2.42. The van der Waals surface area contributed by atoms with Crippen LogP contribution >= 0.6 is 15.9 Å². The fourth-order valence-corrected chi connectivity index (χ4v) is 2.33. The highest BCUT2D eigenvalue weighted by Crippen LogP contribution is 2.27. The summed E-state index contributed by atoms with van der Waals surface area (Å²) in [7, 11) is 2.01. The van der Waals surface area contributed by atoms with Gasteiger partial charge in [-0.05, 0) is 41.2 Å². The predicted octanol–water partition coefficient (Wildman–Crippen LogP) is 2.67. The lowest BCUT2D eigenvalue weighted by Crippen LogP contribution is -2.31. The van der Waals surface area contributed by atoms with E-state index in [9.17, 15) is 0 Å². The van der Waals surface area contributed by atoms with E-state index in [1.165, 1.54) is 5.69 Å². The molecule has 0 radical (unpaired) electrons. The molecule has 0 atom stereocenters. The third kappa shape index (κ3) is 3.32. The molecule has 0 aromatic carbocycles. The molecule has 0 aliphatic heterocycles. The van der Waals surface area contributed by atoms with Gasteiger partial charge in [0.15, 0.2) is 0 Å². The second-order valence-corrected chi connectivity index (χ2v) is 5.88. The molecule has 0 aliphatic carbocycles. The first-order valence-electron chi connectivity index (χ1n) is 5.76. The molecule has 4 heteroatoms. The Morgan fingerprint density at radius 2 is 2.06 bits per heavy atom. The summed E-state index contributed by atoms with van der Waals surface area (Å²) in [6.45, 7) is 10.8. The van der Waals surface area contributed by atoms with E-state index < -0.39 is 0 Å². The van der Waals surface area contributed by atoms with E-state index in [-0.39, 0.29) is 5.41 Å². The topological polar surface area (TPSA) is 29.9 Å². The van der Waals surface area contributed by atoms with Crippen LogP contribution in [-0.4, -0.2) is 22.9 Å². The number of rotatable bonds is 5. The molecule has 0 amide bonds. The van der Waals surface area contributed by atoms with Crippen LogP contribution in [0.2, 0.25) is 0 Å². The molecular weight excluding hydrogens is 266 g/mol. The minimum atomic E-state index is 0.249. The van der Waals surface area contributed by atoms with E-state index in [0.29, 0.717) is 0 Å². The minimum Gasteiger partial charge on any atom is -0.316 e. The van der Waals surface area contributed by atoms with Gasteiger partial charge in [-0.3, -0.25) is 4.68 Å². The van der Waals surface area contributed by atoms with E-state index in [1.807, 2.05) is 18.7 Å². The maximum Gasteiger partial charge on any atom is 0.0738 e. The second-order valence-electron chi connectivity index (χ2n) is 5.09. The van der Waals surface area contributed by atoms with Crippen LogP contribution in [0.15, 0.2) is 4.47 Å². The van der Waals surface area contributed by atoms with Crippen molar-refractivity contribution < 1.29 is 0 Å². The van der Waals surface area contributed by atoms with Crippen LogP contribution in [0, 0.1) is 12.3 Å². The number of aryl methyl sites for hydroxylation is 2. The molecule has 1 aromatic rings. The van der Waals surface area contributed by atoms with Crippen LogP contribution in [0.5, 0.6) is 0 Å². The Balaban J connectivity index is 2.79. The summed E-state index contributed by atoms with van der Waals surface area (Å²) in [5, 5.41) is 7.83. The fourth-order valence-electron chi connectivity index (χ4n) is 1.85. The van der Waals surface area contributed by atoms with Gasteiger partial charge in [0.05, 0.1) is 15.9 Å². The van der Waals surface area contributed by atoms with Gasteiger partial charge in [-0.1, -0.05) is 20.8 Å². The molecule has 0 saturated carbocycles. The molecule has 0 spiro atoms. The average molecular weight is 288 g/mol. The van der Waals surface area contributed by atoms with Gasteiger partial charge in [0, 0.05) is 13.6 Å². The third-order valence-corrected chi connectivity index (χ3v) is 3.79. The van der Waals surface area contributed by atoms with Crippen molar-refractivity contribution in [1.29, 1.82) is 0 Å². The first kappa shape index (κ1) is 13.7. The minimum absolute atomic E-state index is 0.249. The van der Waals surface area contributed by atoms with Crippen LogP contribution in [0.3, 0.4) is 0 Å². The van der Waals surface area contributed by atoms with E-state index in [2.05, 4.69) is 47.1 Å². The molecule has 1 aromatic heterocycles. The highest BCUT2D eigenvalue weighted by molar-refractivity contribution is 9.10. The molecule has 0 fully saturated rings. The Morgan fingerprint density at radius 3 is 2.50 bits per heavy atom. The van der Waals surface area contributed by atoms with Crippen molar-refractivity contribution >= 4 is 15.9 Å². The summed E-state index contributed by atoms with van der Waals surface area (Å²) in [6.07, 6.45) is 1.03. The molecule has 1 rings (SSSR count). The Hall–Kier alpha value is -0.350. The van der Waals surface area contributed by atoms with Crippen molar-refractivity contribution in [3.8, 4) is 0 Å². The van der Waals surface area contributed by atoms with Crippen LogP contribution in [0.4, 0.5) is 0 Å². The first-order valence-corrected chi connectivity index (χ1v) is 6.55. The van der Waals surface area contributed by atoms with Gasteiger partial charge in [-0.15, -0.1) is 0 Å². The third-order valence-electron chi connectivity index (χ3n) is 2.76. The van der Waals surface area contributed by atoms with Gasteiger partial charge in [0.1, 0.15) is 0 Å². The number of nitrogens with zero attached hydrogens (tertiary/aromatic N) is 2. The molecule has 3 nitrogen and oxygen atoms in total. The quantitative estimate of drug-likeness (QED) is 0.902. The lowest BCUT2D eigenvalue weighted by atomic mass is 9.87. The van der Waals surface area contributed by atoms with Crippen LogP contribution in [0.1, 0.15) is 32.2 Å². The Bertz CT molecular complexity index is 355.